The van der Waals surface area contributed by atoms with Gasteiger partial charge in [0, 0.05) is 44.7 Å². The van der Waals surface area contributed by atoms with Gasteiger partial charge < -0.3 is 34.4 Å². The van der Waals surface area contributed by atoms with E-state index in [0.717, 1.165) is 24.6 Å². The average molecular weight is 733 g/mol. The molecule has 1 aromatic carbocycles. The molecule has 3 aromatic rings. The van der Waals surface area contributed by atoms with E-state index >= 15 is 0 Å². The van der Waals surface area contributed by atoms with Crippen molar-refractivity contribution in [3.8, 4) is 0 Å². The van der Waals surface area contributed by atoms with E-state index in [0.29, 0.717) is 44.4 Å². The fourth-order valence-corrected chi connectivity index (χ4v) is 7.20. The van der Waals surface area contributed by atoms with E-state index in [1.54, 1.807) is 16.4 Å². The summed E-state index contributed by atoms with van der Waals surface area (Å²) >= 11 is 6.13. The number of benzene rings is 1. The Balaban J connectivity index is 1.21. The Morgan fingerprint density at radius 1 is 1.14 bits per heavy atom. The van der Waals surface area contributed by atoms with Gasteiger partial charge in [0.2, 0.25) is 17.6 Å². The number of hydrogen-bond acceptors (Lipinski definition) is 11. The molecule has 51 heavy (non-hydrogen) atoms. The van der Waals surface area contributed by atoms with Crippen molar-refractivity contribution in [2.24, 2.45) is 15.4 Å². The number of hydrogen-bond donors (Lipinski definition) is 2. The molecule has 0 aliphatic carbocycles. The highest BCUT2D eigenvalue weighted by Gasteiger charge is 2.45. The number of nitrogens with one attached hydrogen (secondary N) is 1. The summed E-state index contributed by atoms with van der Waals surface area (Å²) in [5, 5.41) is 17.4. The molecule has 2 unspecified atom stereocenters. The van der Waals surface area contributed by atoms with Gasteiger partial charge in [0.25, 0.3) is 11.5 Å². The van der Waals surface area contributed by atoms with E-state index in [9.17, 15) is 32.7 Å². The molecular weight excluding hydrogens is 697 g/mol. The maximum atomic E-state index is 14.3. The highest BCUT2D eigenvalue weighted by molar-refractivity contribution is 6.42. The number of anilines is 3. The Bertz CT molecular complexity index is 2000. The highest BCUT2D eigenvalue weighted by atomic mass is 35.5. The molecule has 2 aromatic heterocycles. The van der Waals surface area contributed by atoms with Gasteiger partial charge in [-0.3, -0.25) is 19.4 Å². The molecule has 15 nitrogen and oxygen atoms in total. The number of aliphatic imine (C=N–C) groups is 2. The quantitative estimate of drug-likeness (QED) is 0.370. The fourth-order valence-electron chi connectivity index (χ4n) is 6.97. The predicted octanol–water partition coefficient (Wildman–Crippen LogP) is 1.87. The van der Waals surface area contributed by atoms with Gasteiger partial charge in [-0.2, -0.15) is 22.7 Å². The lowest BCUT2D eigenvalue weighted by atomic mass is 9.85. The number of ether oxygens (including phenoxy) is 1. The molecule has 2 N–H and O–H groups in total. The van der Waals surface area contributed by atoms with E-state index in [4.69, 9.17) is 21.3 Å². The van der Waals surface area contributed by atoms with Crippen LogP contribution in [-0.2, 0) is 33.5 Å². The second-order valence-electron chi connectivity index (χ2n) is 13.3. The van der Waals surface area contributed by atoms with Crippen LogP contribution in [-0.4, -0.2) is 118 Å². The molecule has 0 saturated carbocycles. The molecule has 0 bridgehead atoms. The second-order valence-corrected chi connectivity index (χ2v) is 13.7. The van der Waals surface area contributed by atoms with Crippen LogP contribution < -0.4 is 20.7 Å². The zero-order chi connectivity index (χ0) is 36.2. The number of nitrogens with zero attached hydrogens (tertiary/aromatic N) is 9. The first-order valence-electron chi connectivity index (χ1n) is 16.6. The van der Waals surface area contributed by atoms with Gasteiger partial charge in [0.1, 0.15) is 30.4 Å². The van der Waals surface area contributed by atoms with Gasteiger partial charge in [-0.15, -0.1) is 5.10 Å². The Labute approximate surface area is 294 Å². The molecule has 6 heterocycles. The molecule has 272 valence electrons. The molecule has 0 radical (unpaired) electrons. The summed E-state index contributed by atoms with van der Waals surface area (Å²) in [4.78, 5) is 59.3. The Morgan fingerprint density at radius 3 is 2.51 bits per heavy atom. The van der Waals surface area contributed by atoms with Crippen molar-refractivity contribution in [1.29, 1.82) is 0 Å². The summed E-state index contributed by atoms with van der Waals surface area (Å²) in [5.74, 6) is -0.568. The van der Waals surface area contributed by atoms with E-state index in [-0.39, 0.29) is 66.0 Å². The van der Waals surface area contributed by atoms with Crippen LogP contribution in [0.3, 0.4) is 0 Å². The van der Waals surface area contributed by atoms with Crippen molar-refractivity contribution in [3.05, 3.63) is 44.8 Å². The molecular formula is C32H36ClF3N10O5. The third-order valence-electron chi connectivity index (χ3n) is 9.90. The lowest BCUT2D eigenvalue weighted by Gasteiger charge is -2.37. The summed E-state index contributed by atoms with van der Waals surface area (Å²) in [5.41, 5.74) is -0.609. The number of aliphatic hydroxyl groups excluding tert-OH is 1. The lowest BCUT2D eigenvalue weighted by molar-refractivity contribution is -0.137. The number of carbonyl (C=O) groups excluding carboxylic acids is 2. The lowest BCUT2D eigenvalue weighted by Crippen LogP contribution is -2.54. The number of fused-ring (bicyclic) bond motifs is 1. The van der Waals surface area contributed by atoms with Gasteiger partial charge in [-0.05, 0) is 38.0 Å². The van der Waals surface area contributed by atoms with E-state index in [1.807, 2.05) is 16.7 Å². The molecule has 3 fully saturated rings. The van der Waals surface area contributed by atoms with Crippen molar-refractivity contribution >= 4 is 58.6 Å². The highest BCUT2D eigenvalue weighted by Crippen LogP contribution is 2.39. The standard InChI is InChI=1S/C32H36ClF3N10O5/c1-3-22-25(42-8-10-43(11-9-42)27(49)24-26(48)18(2)37-17-38-24)28(50)46-30(40-29(41-46)44-7-6-31(14-44)15-51-16-31)45(22)13-23(47)39-21-5-4-19(12-20(21)33)32(34,35)36/h4-5,12,17-18,26,48H,3,6-11,13-16H2,1-2H3,(H,39,47). The topological polar surface area (TPSA) is 162 Å². The second kappa shape index (κ2) is 13.2. The van der Waals surface area contributed by atoms with Gasteiger partial charge in [0.05, 0.1) is 41.2 Å². The number of alkyl halides is 3. The van der Waals surface area contributed by atoms with Crippen molar-refractivity contribution < 1.29 is 32.6 Å². The van der Waals surface area contributed by atoms with E-state index < -0.39 is 41.3 Å². The maximum Gasteiger partial charge on any atom is 0.416 e. The summed E-state index contributed by atoms with van der Waals surface area (Å²) < 4.78 is 47.9. The van der Waals surface area contributed by atoms with Crippen LogP contribution >= 0.6 is 11.6 Å². The Morgan fingerprint density at radius 2 is 1.88 bits per heavy atom. The van der Waals surface area contributed by atoms with Gasteiger partial charge in [-0.25, -0.2) is 4.99 Å². The average Bonchev–Trinajstić information content (AvgIpc) is 3.74. The number of piperazine rings is 1. The van der Waals surface area contributed by atoms with Crippen LogP contribution in [0.4, 0.5) is 30.5 Å². The number of amides is 2. The molecule has 4 aliphatic rings. The first-order chi connectivity index (χ1) is 24.3. The molecule has 2 atom stereocenters. The monoisotopic (exact) mass is 732 g/mol. The third-order valence-corrected chi connectivity index (χ3v) is 10.2. The van der Waals surface area contributed by atoms with Gasteiger partial charge in [-0.1, -0.05) is 18.5 Å². The summed E-state index contributed by atoms with van der Waals surface area (Å²) in [6.45, 7) is 6.71. The number of halogens is 4. The van der Waals surface area contributed by atoms with Crippen molar-refractivity contribution in [2.45, 2.75) is 51.6 Å². The zero-order valence-electron chi connectivity index (χ0n) is 27.9. The summed E-state index contributed by atoms with van der Waals surface area (Å²) in [6, 6.07) is 2.15. The first kappa shape index (κ1) is 34.9. The molecule has 3 saturated heterocycles. The molecule has 19 heteroatoms. The van der Waals surface area contributed by atoms with Crippen LogP contribution in [0.15, 0.2) is 33.0 Å². The minimum absolute atomic E-state index is 0.00798. The molecule has 2 amide bonds. The zero-order valence-corrected chi connectivity index (χ0v) is 28.6. The van der Waals surface area contributed by atoms with E-state index in [2.05, 4.69) is 20.4 Å². The smallest absolute Gasteiger partial charge is 0.384 e. The number of carbonyl (C=O) groups is 2. The van der Waals surface area contributed by atoms with Crippen LogP contribution in [0.1, 0.15) is 31.5 Å². The van der Waals surface area contributed by atoms with Crippen molar-refractivity contribution in [3.63, 3.8) is 0 Å². The summed E-state index contributed by atoms with van der Waals surface area (Å²) in [6.07, 6.45) is -3.28. The van der Waals surface area contributed by atoms with Gasteiger partial charge >= 0.3 is 6.18 Å². The van der Waals surface area contributed by atoms with Crippen LogP contribution in [0.25, 0.3) is 5.78 Å². The summed E-state index contributed by atoms with van der Waals surface area (Å²) in [7, 11) is 0. The van der Waals surface area contributed by atoms with Crippen LogP contribution in [0, 0.1) is 5.41 Å². The largest absolute Gasteiger partial charge is 0.416 e. The number of aromatic nitrogens is 4. The molecule has 7 rings (SSSR count). The van der Waals surface area contributed by atoms with Crippen molar-refractivity contribution in [1.82, 2.24) is 24.1 Å². The Hall–Kier alpha value is -4.55. The maximum absolute atomic E-state index is 14.3. The predicted molar refractivity (Wildman–Crippen MR) is 182 cm³/mol. The minimum Gasteiger partial charge on any atom is -0.384 e. The van der Waals surface area contributed by atoms with Crippen molar-refractivity contribution in [2.75, 3.05) is 67.6 Å². The first-order valence-corrected chi connectivity index (χ1v) is 17.0. The molecule has 4 aliphatic heterocycles. The number of aliphatic hydroxyl groups is 1. The SMILES string of the molecule is CCc1c(N2CCN(C(=O)C3=NC=NC(C)C3O)CC2)c(=O)n2nc(N3CCC4(COC4)C3)nc2n1CC(=O)Nc1ccc(C(F)(F)F)cc1Cl. The van der Waals surface area contributed by atoms with Crippen LogP contribution in [0.2, 0.25) is 5.02 Å². The molecule has 1 spiro atoms. The third kappa shape index (κ3) is 6.44. The van der Waals surface area contributed by atoms with Crippen LogP contribution in [0.5, 0.6) is 0 Å². The fraction of sp³-hybridized carbons (Fsp3) is 0.531. The number of rotatable bonds is 7. The minimum atomic E-state index is -4.61. The Kier molecular flexibility index (Phi) is 9.03. The van der Waals surface area contributed by atoms with E-state index in [1.165, 1.54) is 10.9 Å². The normalized spacial score (nSPS) is 21.7. The van der Waals surface area contributed by atoms with Gasteiger partial charge in [0.15, 0.2) is 0 Å².